The first-order valence-corrected chi connectivity index (χ1v) is 26.9. The summed E-state index contributed by atoms with van der Waals surface area (Å²) in [5.41, 5.74) is 4.55. The fourth-order valence-electron chi connectivity index (χ4n) is 7.42. The third-order valence-corrected chi connectivity index (χ3v) is 13.7. The fourth-order valence-corrected chi connectivity index (χ4v) is 9.45. The first kappa shape index (κ1) is 65.8. The van der Waals surface area contributed by atoms with Gasteiger partial charge in [-0.1, -0.05) is 168 Å². The molecule has 2 heterocycles. The molecular formula is C44H79N3Na2O15P2. The minimum absolute atomic E-state index is 0. The van der Waals surface area contributed by atoms with Crippen LogP contribution in [0, 0.1) is 0 Å². The van der Waals surface area contributed by atoms with Crippen LogP contribution in [0.1, 0.15) is 200 Å². The van der Waals surface area contributed by atoms with Gasteiger partial charge in [-0.25, -0.2) is 9.11 Å². The Kier molecular flexibility index (Phi) is 39.2. The van der Waals surface area contributed by atoms with E-state index in [2.05, 4.69) is 27.7 Å². The summed E-state index contributed by atoms with van der Waals surface area (Å²) in [5, 5.41) is 20.8. The first-order valence-electron chi connectivity index (χ1n) is 24.0. The van der Waals surface area contributed by atoms with Gasteiger partial charge < -0.3 is 49.0 Å². The average molecular weight is 998 g/mol. The van der Waals surface area contributed by atoms with Gasteiger partial charge in [0.05, 0.1) is 13.2 Å². The second-order valence-electron chi connectivity index (χ2n) is 16.9. The molecule has 0 amide bonds. The minimum atomic E-state index is -5.72. The maximum Gasteiger partial charge on any atom is 1.00 e. The second kappa shape index (κ2) is 39.4. The van der Waals surface area contributed by atoms with E-state index in [4.69, 9.17) is 24.5 Å². The predicted molar refractivity (Wildman–Crippen MR) is 238 cm³/mol. The van der Waals surface area contributed by atoms with Gasteiger partial charge >= 0.3 is 76.7 Å². The number of nitrogens with zero attached hydrogens (tertiary/aromatic N) is 2. The van der Waals surface area contributed by atoms with Gasteiger partial charge in [0.25, 0.3) is 15.6 Å². The normalized spacial score (nSPS) is 19.2. The first-order chi connectivity index (χ1) is 30.7. The van der Waals surface area contributed by atoms with Gasteiger partial charge in [0, 0.05) is 19.0 Å². The Morgan fingerprint density at radius 2 is 1.12 bits per heavy atom. The molecule has 1 saturated heterocycles. The zero-order chi connectivity index (χ0) is 47.1. The van der Waals surface area contributed by atoms with Crippen molar-refractivity contribution in [3.8, 4) is 0 Å². The zero-order valence-electron chi connectivity index (χ0n) is 40.5. The molecule has 0 aliphatic carbocycles. The molecule has 1 aliphatic heterocycles. The van der Waals surface area contributed by atoms with Crippen LogP contribution < -0.4 is 80.3 Å². The number of phosphoric acid groups is 2. The second-order valence-corrected chi connectivity index (χ2v) is 19.9. The van der Waals surface area contributed by atoms with Gasteiger partial charge in [-0.15, -0.1) is 0 Å². The quantitative estimate of drug-likeness (QED) is 0.0366. The number of ether oxygens (including phenoxy) is 3. The number of aliphatic hydroxyl groups excluding tert-OH is 2. The largest absolute Gasteiger partial charge is 1.00 e. The van der Waals surface area contributed by atoms with Crippen LogP contribution >= 0.6 is 15.6 Å². The molecule has 372 valence electrons. The van der Waals surface area contributed by atoms with Gasteiger partial charge in [-0.2, -0.15) is 4.98 Å². The van der Waals surface area contributed by atoms with Crippen LogP contribution in [0.25, 0.3) is 0 Å². The summed E-state index contributed by atoms with van der Waals surface area (Å²) < 4.78 is 55.7. The van der Waals surface area contributed by atoms with Gasteiger partial charge in [0.15, 0.2) is 12.3 Å². The number of carbonyl (C=O) groups is 2. The number of unbranched alkanes of at least 4 members (excludes halogenated alkanes) is 24. The van der Waals surface area contributed by atoms with E-state index < -0.39 is 83.7 Å². The Balaban J connectivity index is 0.0000211. The van der Waals surface area contributed by atoms with Crippen LogP contribution in [-0.2, 0) is 46.3 Å². The number of nitrogen functional groups attached to an aromatic ring is 1. The smallest absolute Gasteiger partial charge is 0.756 e. The number of anilines is 1. The summed E-state index contributed by atoms with van der Waals surface area (Å²) in [6.07, 6.45) is 22.8. The van der Waals surface area contributed by atoms with Crippen LogP contribution in [0.2, 0.25) is 0 Å². The molecule has 1 aliphatic rings. The summed E-state index contributed by atoms with van der Waals surface area (Å²) in [6.45, 7) is 1.93. The molecule has 0 radical (unpaired) electrons. The molecule has 0 bridgehead atoms. The summed E-state index contributed by atoms with van der Waals surface area (Å²) in [5.74, 6) is -1.35. The molecule has 4 N–H and O–H groups in total. The molecule has 18 nitrogen and oxygen atoms in total. The van der Waals surface area contributed by atoms with Crippen LogP contribution in [0.3, 0.4) is 0 Å². The molecule has 2 unspecified atom stereocenters. The third kappa shape index (κ3) is 31.2. The third-order valence-electron chi connectivity index (χ3n) is 11.2. The SMILES string of the molecule is CCCCCCCCCCCCCCCC(=O)OC[C@@H](COP(=O)([O-])OP(=O)([O-])OC[C@H]1O[C@@H](n2ccc(N)nc2=O)[C@@H](O)[C@@H]1O)OC(=O)CCCCCCCCCCCCCCC.[Na+].[Na+]. The van der Waals surface area contributed by atoms with E-state index in [-0.39, 0.29) is 77.8 Å². The molecule has 0 aromatic carbocycles. The molecule has 0 saturated carbocycles. The van der Waals surface area contributed by atoms with E-state index in [1.54, 1.807) is 0 Å². The van der Waals surface area contributed by atoms with Crippen molar-refractivity contribution in [3.63, 3.8) is 0 Å². The molecule has 1 aromatic heterocycles. The van der Waals surface area contributed by atoms with Crippen LogP contribution in [0.15, 0.2) is 17.1 Å². The standard InChI is InChI=1S/C44H81N3O15P2.2Na/c1-3-5-7-9-11-13-15-17-19-21-23-25-27-29-39(48)57-33-36(60-40(49)30-28-26-24-22-20-18-16-14-12-10-8-6-4-2)34-58-63(53,54)62-64(55,56)59-35-37-41(50)42(51)43(61-37)47-32-31-38(45)46-44(47)52;;/h31-32,36-37,41-43,50-51H,3-30,33-35H2,1-2H3,(H,53,54)(H,55,56)(H2,45,46,52);;/q;2*+1/p-2/t36-,37+,41+,42-,43+;;/m0../s1. The van der Waals surface area contributed by atoms with Crippen molar-refractivity contribution in [1.29, 1.82) is 0 Å². The number of esters is 2. The fraction of sp³-hybridized carbons (Fsp3) is 0.864. The van der Waals surface area contributed by atoms with Gasteiger partial charge in [-0.05, 0) is 18.9 Å². The van der Waals surface area contributed by atoms with Crippen LogP contribution in [-0.4, -0.2) is 75.9 Å². The summed E-state index contributed by atoms with van der Waals surface area (Å²) in [6, 6.07) is 1.23. The molecule has 7 atom stereocenters. The number of nitrogens with two attached hydrogens (primary N) is 1. The molecule has 66 heavy (non-hydrogen) atoms. The number of hydrogen-bond donors (Lipinski definition) is 3. The van der Waals surface area contributed by atoms with Gasteiger partial charge in [0.2, 0.25) is 0 Å². The predicted octanol–water partition coefficient (Wildman–Crippen LogP) is 1.86. The van der Waals surface area contributed by atoms with Crippen molar-refractivity contribution >= 4 is 33.4 Å². The minimum Gasteiger partial charge on any atom is -0.756 e. The van der Waals surface area contributed by atoms with Crippen molar-refractivity contribution < 1.29 is 125 Å². The maximum atomic E-state index is 12.8. The van der Waals surface area contributed by atoms with Gasteiger partial charge in [-0.3, -0.25) is 23.3 Å². The topological polar surface area (TPSA) is 271 Å². The van der Waals surface area contributed by atoms with E-state index in [0.29, 0.717) is 12.8 Å². The maximum absolute atomic E-state index is 12.8. The molecule has 22 heteroatoms. The van der Waals surface area contributed by atoms with Crippen molar-refractivity contribution in [2.24, 2.45) is 0 Å². The summed E-state index contributed by atoms with van der Waals surface area (Å²) in [7, 11) is -11.4. The number of carbonyl (C=O) groups excluding carboxylic acids is 2. The van der Waals surface area contributed by atoms with Crippen molar-refractivity contribution in [1.82, 2.24) is 9.55 Å². The molecule has 1 aromatic rings. The van der Waals surface area contributed by atoms with E-state index >= 15 is 0 Å². The van der Waals surface area contributed by atoms with Crippen molar-refractivity contribution in [2.75, 3.05) is 25.6 Å². The van der Waals surface area contributed by atoms with Crippen molar-refractivity contribution in [2.45, 2.75) is 224 Å². The van der Waals surface area contributed by atoms with Crippen LogP contribution in [0.4, 0.5) is 5.82 Å². The van der Waals surface area contributed by atoms with Gasteiger partial charge in [0.1, 0.15) is 30.7 Å². The van der Waals surface area contributed by atoms with Crippen molar-refractivity contribution in [3.05, 3.63) is 22.7 Å². The molecule has 0 spiro atoms. The van der Waals surface area contributed by atoms with E-state index in [1.165, 1.54) is 109 Å². The van der Waals surface area contributed by atoms with E-state index in [0.717, 1.165) is 62.1 Å². The Hall–Kier alpha value is -0.240. The molecular weight excluding hydrogens is 918 g/mol. The van der Waals surface area contributed by atoms with Crippen LogP contribution in [0.5, 0.6) is 0 Å². The Labute approximate surface area is 437 Å². The number of aromatic nitrogens is 2. The van der Waals surface area contributed by atoms with E-state index in [1.807, 2.05) is 0 Å². The number of rotatable bonds is 40. The molecule has 1 fully saturated rings. The molecule has 2 rings (SSSR count). The monoisotopic (exact) mass is 997 g/mol. The Morgan fingerprint density at radius 1 is 0.697 bits per heavy atom. The zero-order valence-corrected chi connectivity index (χ0v) is 46.3. The Bertz CT molecular complexity index is 1580. The number of phosphoric ester groups is 2. The Morgan fingerprint density at radius 3 is 1.58 bits per heavy atom. The summed E-state index contributed by atoms with van der Waals surface area (Å²) >= 11 is 0. The number of hydrogen-bond acceptors (Lipinski definition) is 17. The summed E-state index contributed by atoms with van der Waals surface area (Å²) in [4.78, 5) is 66.2. The number of aliphatic hydroxyl groups is 2. The van der Waals surface area contributed by atoms with E-state index in [9.17, 15) is 43.5 Å². The average Bonchev–Trinajstić information content (AvgIpc) is 3.52.